The van der Waals surface area contributed by atoms with Crippen LogP contribution in [-0.4, -0.2) is 9.55 Å². The zero-order chi connectivity index (χ0) is 14.5. The number of nitrogens with zero attached hydrogens (tertiary/aromatic N) is 1. The van der Waals surface area contributed by atoms with Crippen LogP contribution in [0.3, 0.4) is 0 Å². The van der Waals surface area contributed by atoms with Crippen LogP contribution in [0, 0.1) is 0 Å². The molecule has 1 heterocycles. The molecule has 1 N–H and O–H groups in total. The third-order valence-electron chi connectivity index (χ3n) is 3.70. The molecule has 1 aromatic heterocycles. The number of aromatic nitrogens is 2. The molecule has 3 rings (SSSR count). The molecule has 0 bridgehead atoms. The van der Waals surface area contributed by atoms with Crippen LogP contribution in [0.15, 0.2) is 27.8 Å². The Morgan fingerprint density at radius 3 is 2.45 bits per heavy atom. The van der Waals surface area contributed by atoms with Gasteiger partial charge < -0.3 is 4.98 Å². The van der Waals surface area contributed by atoms with Crippen molar-refractivity contribution in [1.82, 2.24) is 9.55 Å². The van der Waals surface area contributed by atoms with Gasteiger partial charge in [-0.2, -0.15) is 13.2 Å². The molecule has 0 atom stereocenters. The number of aromatic amines is 1. The highest BCUT2D eigenvalue weighted by Gasteiger charge is 2.31. The molecule has 1 fully saturated rings. The van der Waals surface area contributed by atoms with Gasteiger partial charge in [-0.1, -0.05) is 0 Å². The Morgan fingerprint density at radius 1 is 1.20 bits per heavy atom. The third-order valence-corrected chi connectivity index (χ3v) is 3.70. The summed E-state index contributed by atoms with van der Waals surface area (Å²) < 4.78 is 38.9. The van der Waals surface area contributed by atoms with Gasteiger partial charge in [0, 0.05) is 6.04 Å². The van der Waals surface area contributed by atoms with Gasteiger partial charge in [0.05, 0.1) is 16.5 Å². The summed E-state index contributed by atoms with van der Waals surface area (Å²) in [6, 6.07) is 2.63. The number of hydrogen-bond acceptors (Lipinski definition) is 2. The summed E-state index contributed by atoms with van der Waals surface area (Å²) in [5.74, 6) is 0. The first-order valence-electron chi connectivity index (χ1n) is 6.24. The molecule has 1 aliphatic rings. The maximum absolute atomic E-state index is 12.6. The molecule has 0 saturated heterocycles. The first-order valence-corrected chi connectivity index (χ1v) is 6.24. The minimum Gasteiger partial charge on any atom is -0.307 e. The van der Waals surface area contributed by atoms with Crippen LogP contribution in [0.2, 0.25) is 0 Å². The summed E-state index contributed by atoms with van der Waals surface area (Å²) in [6.45, 7) is 0. The van der Waals surface area contributed by atoms with Crippen molar-refractivity contribution in [3.05, 3.63) is 44.6 Å². The minimum atomic E-state index is -4.51. The predicted molar refractivity (Wildman–Crippen MR) is 66.7 cm³/mol. The van der Waals surface area contributed by atoms with Gasteiger partial charge in [-0.05, 0) is 37.5 Å². The fourth-order valence-corrected chi connectivity index (χ4v) is 2.38. The van der Waals surface area contributed by atoms with Crippen LogP contribution in [-0.2, 0) is 6.18 Å². The van der Waals surface area contributed by atoms with E-state index in [2.05, 4.69) is 4.98 Å². The standard InChI is InChI=1S/C13H11F3N2O2/c14-13(15,16)7-4-5-9-10(6-7)17-12(20)18(11(9)19)8-2-1-3-8/h4-6,8H,1-3H2,(H,17,20). The van der Waals surface area contributed by atoms with Crippen molar-refractivity contribution < 1.29 is 13.2 Å². The average molecular weight is 284 g/mol. The summed E-state index contributed by atoms with van der Waals surface area (Å²) in [4.78, 5) is 26.4. The zero-order valence-corrected chi connectivity index (χ0v) is 10.3. The van der Waals surface area contributed by atoms with Gasteiger partial charge >= 0.3 is 11.9 Å². The van der Waals surface area contributed by atoms with Crippen molar-refractivity contribution in [1.29, 1.82) is 0 Å². The van der Waals surface area contributed by atoms with Crippen LogP contribution in [0.5, 0.6) is 0 Å². The van der Waals surface area contributed by atoms with Crippen LogP contribution >= 0.6 is 0 Å². The van der Waals surface area contributed by atoms with Crippen molar-refractivity contribution in [2.75, 3.05) is 0 Å². The van der Waals surface area contributed by atoms with Crippen molar-refractivity contribution in [3.8, 4) is 0 Å². The maximum Gasteiger partial charge on any atom is 0.416 e. The highest BCUT2D eigenvalue weighted by Crippen LogP contribution is 2.31. The number of nitrogens with one attached hydrogen (secondary N) is 1. The van der Waals surface area contributed by atoms with Crippen LogP contribution < -0.4 is 11.2 Å². The van der Waals surface area contributed by atoms with E-state index < -0.39 is 23.0 Å². The van der Waals surface area contributed by atoms with E-state index in [0.717, 1.165) is 42.0 Å². The quantitative estimate of drug-likeness (QED) is 0.874. The van der Waals surface area contributed by atoms with Crippen molar-refractivity contribution in [2.45, 2.75) is 31.5 Å². The third kappa shape index (κ3) is 1.93. The summed E-state index contributed by atoms with van der Waals surface area (Å²) >= 11 is 0. The highest BCUT2D eigenvalue weighted by atomic mass is 19.4. The first kappa shape index (κ1) is 13.0. The fraction of sp³-hybridized carbons (Fsp3) is 0.385. The van der Waals surface area contributed by atoms with Gasteiger partial charge in [0.15, 0.2) is 0 Å². The largest absolute Gasteiger partial charge is 0.416 e. The molecular formula is C13H11F3N2O2. The number of benzene rings is 1. The monoisotopic (exact) mass is 284 g/mol. The second-order valence-electron chi connectivity index (χ2n) is 4.95. The normalized spacial score (nSPS) is 16.4. The molecule has 1 aromatic carbocycles. The smallest absolute Gasteiger partial charge is 0.307 e. The van der Waals surface area contributed by atoms with E-state index in [1.165, 1.54) is 0 Å². The number of fused-ring (bicyclic) bond motifs is 1. The van der Waals surface area contributed by atoms with Gasteiger partial charge in [0.25, 0.3) is 5.56 Å². The van der Waals surface area contributed by atoms with Crippen LogP contribution in [0.1, 0.15) is 30.9 Å². The summed E-state index contributed by atoms with van der Waals surface area (Å²) in [6.07, 6.45) is -2.07. The molecule has 0 amide bonds. The second kappa shape index (κ2) is 4.22. The van der Waals surface area contributed by atoms with Crippen molar-refractivity contribution >= 4 is 10.9 Å². The SMILES string of the molecule is O=c1[nH]c2cc(C(F)(F)F)ccc2c(=O)n1C1CCC1. The Bertz CT molecular complexity index is 785. The molecule has 20 heavy (non-hydrogen) atoms. The van der Waals surface area contributed by atoms with Gasteiger partial charge in [-0.15, -0.1) is 0 Å². The second-order valence-corrected chi connectivity index (χ2v) is 4.95. The fourth-order valence-electron chi connectivity index (χ4n) is 2.38. The Kier molecular flexibility index (Phi) is 2.74. The van der Waals surface area contributed by atoms with E-state index in [1.807, 2.05) is 0 Å². The van der Waals surface area contributed by atoms with Crippen molar-refractivity contribution in [2.24, 2.45) is 0 Å². The van der Waals surface area contributed by atoms with Gasteiger partial charge in [-0.3, -0.25) is 9.36 Å². The Hall–Kier alpha value is -2.05. The summed E-state index contributed by atoms with van der Waals surface area (Å²) in [5, 5.41) is 0.101. The number of alkyl halides is 3. The molecule has 1 saturated carbocycles. The average Bonchev–Trinajstić information content (AvgIpc) is 2.30. The molecule has 0 radical (unpaired) electrons. The number of rotatable bonds is 1. The van der Waals surface area contributed by atoms with Gasteiger partial charge in [0.1, 0.15) is 0 Å². The van der Waals surface area contributed by atoms with E-state index in [-0.39, 0.29) is 16.9 Å². The number of halogens is 3. The lowest BCUT2D eigenvalue weighted by Gasteiger charge is -2.26. The Morgan fingerprint density at radius 2 is 1.90 bits per heavy atom. The van der Waals surface area contributed by atoms with Crippen LogP contribution in [0.25, 0.3) is 10.9 Å². The van der Waals surface area contributed by atoms with E-state index >= 15 is 0 Å². The topological polar surface area (TPSA) is 54.9 Å². The summed E-state index contributed by atoms with van der Waals surface area (Å²) in [5.41, 5.74) is -2.14. The van der Waals surface area contributed by atoms with E-state index in [1.54, 1.807) is 0 Å². The highest BCUT2D eigenvalue weighted by molar-refractivity contribution is 5.78. The molecule has 0 spiro atoms. The lowest BCUT2D eigenvalue weighted by Crippen LogP contribution is -2.40. The predicted octanol–water partition coefficient (Wildman–Crippen LogP) is 2.43. The van der Waals surface area contributed by atoms with Crippen LogP contribution in [0.4, 0.5) is 13.2 Å². The molecule has 0 unspecified atom stereocenters. The Balaban J connectivity index is 2.25. The minimum absolute atomic E-state index is 0.0783. The van der Waals surface area contributed by atoms with Gasteiger partial charge in [0.2, 0.25) is 0 Å². The maximum atomic E-state index is 12.6. The van der Waals surface area contributed by atoms with Crippen molar-refractivity contribution in [3.63, 3.8) is 0 Å². The van der Waals surface area contributed by atoms with E-state index in [9.17, 15) is 22.8 Å². The molecule has 4 nitrogen and oxygen atoms in total. The molecule has 2 aromatic rings. The van der Waals surface area contributed by atoms with E-state index in [4.69, 9.17) is 0 Å². The summed E-state index contributed by atoms with van der Waals surface area (Å²) in [7, 11) is 0. The Labute approximate surface area is 110 Å². The molecule has 0 aliphatic heterocycles. The molecule has 7 heteroatoms. The molecule has 1 aliphatic carbocycles. The lowest BCUT2D eigenvalue weighted by molar-refractivity contribution is -0.137. The number of H-pyrrole nitrogens is 1. The van der Waals surface area contributed by atoms with Gasteiger partial charge in [-0.25, -0.2) is 4.79 Å². The van der Waals surface area contributed by atoms with E-state index in [0.29, 0.717) is 0 Å². The molecular weight excluding hydrogens is 273 g/mol. The zero-order valence-electron chi connectivity index (χ0n) is 10.3. The lowest BCUT2D eigenvalue weighted by atomic mass is 9.93. The number of hydrogen-bond donors (Lipinski definition) is 1. The first-order chi connectivity index (χ1) is 9.38. The molecule has 106 valence electrons.